The van der Waals surface area contributed by atoms with Crippen molar-refractivity contribution in [2.75, 3.05) is 0 Å². The fourth-order valence-electron chi connectivity index (χ4n) is 0.867. The van der Waals surface area contributed by atoms with Crippen LogP contribution in [-0.4, -0.2) is 9.47 Å². The molecule has 0 aliphatic heterocycles. The quantitative estimate of drug-likeness (QED) is 0.686. The van der Waals surface area contributed by atoms with E-state index in [1.807, 2.05) is 22.5 Å². The van der Waals surface area contributed by atoms with Crippen LogP contribution in [-0.2, 0) is 6.54 Å². The Morgan fingerprint density at radius 2 is 2.50 bits per heavy atom. The van der Waals surface area contributed by atoms with Crippen molar-refractivity contribution < 1.29 is 4.68 Å². The molecule has 0 aromatic carbocycles. The van der Waals surface area contributed by atoms with Crippen LogP contribution in [0.5, 0.6) is 0 Å². The first-order valence-corrected chi connectivity index (χ1v) is 5.31. The molecule has 0 radical (unpaired) electrons. The topological polar surface area (TPSA) is 29.7 Å². The minimum atomic E-state index is 0.919. The average molecular weight is 198 g/mol. The zero-order chi connectivity index (χ0) is 8.39. The van der Waals surface area contributed by atoms with Crippen molar-refractivity contribution in [3.05, 3.63) is 17.8 Å². The minimum absolute atomic E-state index is 0.919. The Labute approximate surface area is 78.5 Å². The predicted octanol–water partition coefficient (Wildman–Crippen LogP) is 1.57. The molecule has 3 nitrogen and oxygen atoms in total. The molecule has 0 amide bonds. The maximum atomic E-state index is 4.22. The SMILES string of the molecule is CC[n+]1cc(-c2nccs2)sn1. The van der Waals surface area contributed by atoms with Gasteiger partial charge in [-0.15, -0.1) is 11.3 Å². The molecule has 0 bridgehead atoms. The van der Waals surface area contributed by atoms with Gasteiger partial charge in [0.25, 0.3) is 0 Å². The first-order chi connectivity index (χ1) is 5.90. The maximum absolute atomic E-state index is 4.22. The zero-order valence-corrected chi connectivity index (χ0v) is 8.23. The van der Waals surface area contributed by atoms with Crippen molar-refractivity contribution in [2.24, 2.45) is 0 Å². The predicted molar refractivity (Wildman–Crippen MR) is 49.1 cm³/mol. The van der Waals surface area contributed by atoms with Gasteiger partial charge in [0, 0.05) is 23.1 Å². The van der Waals surface area contributed by atoms with Crippen LogP contribution in [0.2, 0.25) is 0 Å². The molecule has 5 heteroatoms. The van der Waals surface area contributed by atoms with Gasteiger partial charge in [0.05, 0.1) is 4.49 Å². The van der Waals surface area contributed by atoms with Crippen molar-refractivity contribution in [1.29, 1.82) is 0 Å². The highest BCUT2D eigenvalue weighted by Crippen LogP contribution is 2.22. The third-order valence-corrected chi connectivity index (χ3v) is 3.20. The molecule has 2 aromatic rings. The number of aromatic nitrogens is 3. The Balaban J connectivity index is 2.35. The van der Waals surface area contributed by atoms with Crippen LogP contribution in [0.1, 0.15) is 6.92 Å². The summed E-state index contributed by atoms with van der Waals surface area (Å²) in [6.45, 7) is 2.99. The van der Waals surface area contributed by atoms with Gasteiger partial charge < -0.3 is 0 Å². The van der Waals surface area contributed by atoms with Gasteiger partial charge >= 0.3 is 0 Å². The molecule has 0 atom stereocenters. The zero-order valence-electron chi connectivity index (χ0n) is 6.60. The molecule has 0 aliphatic rings. The highest BCUT2D eigenvalue weighted by Gasteiger charge is 2.10. The molecule has 0 saturated carbocycles. The van der Waals surface area contributed by atoms with Gasteiger partial charge in [-0.2, -0.15) is 0 Å². The van der Waals surface area contributed by atoms with Crippen LogP contribution < -0.4 is 4.68 Å². The van der Waals surface area contributed by atoms with E-state index in [0.717, 1.165) is 16.4 Å². The van der Waals surface area contributed by atoms with Crippen LogP contribution in [0.3, 0.4) is 0 Å². The standard InChI is InChI=1S/C7H8N3S2/c1-2-10-5-6(12-9-10)7-8-3-4-11-7/h3-5H,2H2,1H3/q+1. The van der Waals surface area contributed by atoms with E-state index in [1.54, 1.807) is 11.3 Å². The first kappa shape index (κ1) is 7.82. The summed E-state index contributed by atoms with van der Waals surface area (Å²) in [5.41, 5.74) is 0. The minimum Gasteiger partial charge on any atom is -0.243 e. The second-order valence-electron chi connectivity index (χ2n) is 2.26. The van der Waals surface area contributed by atoms with Gasteiger partial charge in [-0.25, -0.2) is 4.98 Å². The lowest BCUT2D eigenvalue weighted by molar-refractivity contribution is -0.743. The molecule has 0 spiro atoms. The van der Waals surface area contributed by atoms with Crippen LogP contribution in [0.25, 0.3) is 9.88 Å². The maximum Gasteiger partial charge on any atom is 0.219 e. The average Bonchev–Trinajstić information content (AvgIpc) is 2.75. The largest absolute Gasteiger partial charge is 0.243 e. The lowest BCUT2D eigenvalue weighted by Gasteiger charge is -1.78. The molecule has 62 valence electrons. The molecular formula is C7H8N3S2+. The van der Waals surface area contributed by atoms with Crippen molar-refractivity contribution in [3.63, 3.8) is 0 Å². The Morgan fingerprint density at radius 3 is 3.08 bits per heavy atom. The Hall–Kier alpha value is -0.810. The fourth-order valence-corrected chi connectivity index (χ4v) is 2.32. The summed E-state index contributed by atoms with van der Waals surface area (Å²) in [6.07, 6.45) is 3.85. The van der Waals surface area contributed by atoms with Crippen molar-refractivity contribution in [2.45, 2.75) is 13.5 Å². The first-order valence-electron chi connectivity index (χ1n) is 3.66. The van der Waals surface area contributed by atoms with Crippen molar-refractivity contribution >= 4 is 22.9 Å². The van der Waals surface area contributed by atoms with E-state index >= 15 is 0 Å². The number of aryl methyl sites for hydroxylation is 1. The van der Waals surface area contributed by atoms with Gasteiger partial charge in [0.2, 0.25) is 6.20 Å². The number of hydrogen-bond donors (Lipinski definition) is 0. The number of hydrogen-bond acceptors (Lipinski definition) is 4. The normalized spacial score (nSPS) is 10.4. The van der Waals surface area contributed by atoms with Crippen LogP contribution >= 0.6 is 22.9 Å². The summed E-state index contributed by atoms with van der Waals surface area (Å²) in [5, 5.41) is 3.03. The van der Waals surface area contributed by atoms with E-state index in [9.17, 15) is 0 Å². The molecule has 2 heterocycles. The third-order valence-electron chi connectivity index (χ3n) is 1.48. The highest BCUT2D eigenvalue weighted by molar-refractivity contribution is 7.18. The lowest BCUT2D eigenvalue weighted by atomic mass is 10.6. The van der Waals surface area contributed by atoms with Crippen molar-refractivity contribution in [1.82, 2.24) is 9.47 Å². The summed E-state index contributed by atoms with van der Waals surface area (Å²) < 4.78 is 6.13. The number of nitrogens with zero attached hydrogens (tertiary/aromatic N) is 3. The van der Waals surface area contributed by atoms with E-state index in [2.05, 4.69) is 16.4 Å². The number of thiazole rings is 1. The Bertz CT molecular complexity index is 352. The Morgan fingerprint density at radius 1 is 1.58 bits per heavy atom. The van der Waals surface area contributed by atoms with E-state index in [-0.39, 0.29) is 0 Å². The molecule has 0 unspecified atom stereocenters. The molecule has 0 N–H and O–H groups in total. The summed E-state index contributed by atoms with van der Waals surface area (Å²) in [6, 6.07) is 0. The van der Waals surface area contributed by atoms with Gasteiger partial charge in [-0.1, -0.05) is 4.68 Å². The molecule has 0 saturated heterocycles. The second kappa shape index (κ2) is 3.28. The van der Waals surface area contributed by atoms with Gasteiger partial charge in [0.15, 0.2) is 11.4 Å². The summed E-state index contributed by atoms with van der Waals surface area (Å²) in [7, 11) is 0. The van der Waals surface area contributed by atoms with Crippen molar-refractivity contribution in [3.8, 4) is 9.88 Å². The van der Waals surface area contributed by atoms with Crippen LogP contribution in [0, 0.1) is 0 Å². The van der Waals surface area contributed by atoms with Gasteiger partial charge in [-0.3, -0.25) is 0 Å². The third kappa shape index (κ3) is 1.37. The monoisotopic (exact) mass is 198 g/mol. The molecular weight excluding hydrogens is 190 g/mol. The van der Waals surface area contributed by atoms with Gasteiger partial charge in [0.1, 0.15) is 5.01 Å². The van der Waals surface area contributed by atoms with E-state index < -0.39 is 0 Å². The molecule has 2 aromatic heterocycles. The fraction of sp³-hybridized carbons (Fsp3) is 0.286. The molecule has 12 heavy (non-hydrogen) atoms. The van der Waals surface area contributed by atoms with E-state index in [4.69, 9.17) is 0 Å². The summed E-state index contributed by atoms with van der Waals surface area (Å²) in [4.78, 5) is 5.35. The number of rotatable bonds is 2. The lowest BCUT2D eigenvalue weighted by Crippen LogP contribution is -2.32. The smallest absolute Gasteiger partial charge is 0.219 e. The van der Waals surface area contributed by atoms with Crippen LogP contribution in [0.15, 0.2) is 17.8 Å². The van der Waals surface area contributed by atoms with E-state index in [1.165, 1.54) is 11.5 Å². The molecule has 2 rings (SSSR count). The Kier molecular flexibility index (Phi) is 2.14. The summed E-state index contributed by atoms with van der Waals surface area (Å²) in [5.74, 6) is 0. The molecule has 0 fully saturated rings. The highest BCUT2D eigenvalue weighted by atomic mass is 32.1. The summed E-state index contributed by atoms with van der Waals surface area (Å²) >= 11 is 3.14. The van der Waals surface area contributed by atoms with E-state index in [0.29, 0.717) is 0 Å². The molecule has 0 aliphatic carbocycles. The van der Waals surface area contributed by atoms with Crippen LogP contribution in [0.4, 0.5) is 0 Å². The second-order valence-corrected chi connectivity index (χ2v) is 3.94. The van der Waals surface area contributed by atoms with Gasteiger partial charge in [-0.05, 0) is 6.92 Å².